The summed E-state index contributed by atoms with van der Waals surface area (Å²) in [5, 5.41) is 2.73. The Bertz CT molecular complexity index is 456. The number of amides is 2. The number of carbonyl (C=O) groups is 2. The predicted molar refractivity (Wildman–Crippen MR) is 81.1 cm³/mol. The maximum absolute atomic E-state index is 12.1. The van der Waals surface area contributed by atoms with Crippen LogP contribution in [0.3, 0.4) is 0 Å². The lowest BCUT2D eigenvalue weighted by Gasteiger charge is -2.15. The molecule has 0 atom stereocenters. The van der Waals surface area contributed by atoms with E-state index in [4.69, 9.17) is 5.73 Å². The number of hydrogen-bond donors (Lipinski definition) is 2. The Morgan fingerprint density at radius 2 is 1.75 bits per heavy atom. The van der Waals surface area contributed by atoms with Crippen LogP contribution in [-0.2, 0) is 4.79 Å². The molecule has 1 aromatic carbocycles. The second-order valence-corrected chi connectivity index (χ2v) is 4.66. The molecule has 0 saturated carbocycles. The molecule has 1 aromatic rings. The molecular weight excluding hydrogens is 278 g/mol. The zero-order valence-corrected chi connectivity index (χ0v) is 12.1. The van der Waals surface area contributed by atoms with Gasteiger partial charge < -0.3 is 16.0 Å². The van der Waals surface area contributed by atoms with Crippen molar-refractivity contribution in [1.29, 1.82) is 0 Å². The van der Waals surface area contributed by atoms with E-state index < -0.39 is 0 Å². The Morgan fingerprint density at radius 3 is 2.30 bits per heavy atom. The van der Waals surface area contributed by atoms with Crippen molar-refractivity contribution >= 4 is 29.9 Å². The molecule has 3 N–H and O–H groups in total. The first-order valence-corrected chi connectivity index (χ1v) is 6.60. The number of nitrogens with two attached hydrogens (primary N) is 1. The summed E-state index contributed by atoms with van der Waals surface area (Å²) < 4.78 is 0. The summed E-state index contributed by atoms with van der Waals surface area (Å²) in [6.07, 6.45) is 2.46. The van der Waals surface area contributed by atoms with Crippen LogP contribution < -0.4 is 11.1 Å². The molecule has 0 radical (unpaired) electrons. The molecule has 110 valence electrons. The highest BCUT2D eigenvalue weighted by atomic mass is 35.5. The second-order valence-electron chi connectivity index (χ2n) is 4.66. The smallest absolute Gasteiger partial charge is 0.253 e. The number of nitrogens with one attached hydrogen (secondary N) is 1. The number of halogens is 1. The molecule has 2 rings (SSSR count). The summed E-state index contributed by atoms with van der Waals surface area (Å²) in [7, 11) is 0. The molecule has 0 unspecified atom stereocenters. The molecule has 6 heteroatoms. The van der Waals surface area contributed by atoms with Gasteiger partial charge in [0.15, 0.2) is 0 Å². The molecule has 0 aliphatic carbocycles. The molecule has 0 aromatic heterocycles. The van der Waals surface area contributed by atoms with E-state index in [2.05, 4.69) is 5.32 Å². The fourth-order valence-electron chi connectivity index (χ4n) is 2.15. The molecule has 1 aliphatic heterocycles. The SMILES string of the molecule is Cl.NCCC(=O)Nc1ccc(C(=O)N2CCCC2)cc1. The van der Waals surface area contributed by atoms with Gasteiger partial charge in [0.25, 0.3) is 5.91 Å². The largest absolute Gasteiger partial charge is 0.339 e. The number of nitrogens with zero attached hydrogens (tertiary/aromatic N) is 1. The van der Waals surface area contributed by atoms with E-state index in [1.165, 1.54) is 0 Å². The first-order valence-electron chi connectivity index (χ1n) is 6.60. The molecule has 2 amide bonds. The van der Waals surface area contributed by atoms with Gasteiger partial charge in [-0.2, -0.15) is 0 Å². The van der Waals surface area contributed by atoms with Gasteiger partial charge in [-0.1, -0.05) is 0 Å². The van der Waals surface area contributed by atoms with Crippen LogP contribution in [0.4, 0.5) is 5.69 Å². The highest BCUT2D eigenvalue weighted by Crippen LogP contribution is 2.15. The van der Waals surface area contributed by atoms with E-state index in [0.717, 1.165) is 25.9 Å². The molecule has 1 fully saturated rings. The van der Waals surface area contributed by atoms with Crippen LogP contribution in [0.25, 0.3) is 0 Å². The van der Waals surface area contributed by atoms with Crippen molar-refractivity contribution < 1.29 is 9.59 Å². The summed E-state index contributed by atoms with van der Waals surface area (Å²) in [4.78, 5) is 25.3. The van der Waals surface area contributed by atoms with Crippen molar-refractivity contribution in [3.05, 3.63) is 29.8 Å². The molecule has 0 bridgehead atoms. The van der Waals surface area contributed by atoms with Crippen LogP contribution in [0.15, 0.2) is 24.3 Å². The quantitative estimate of drug-likeness (QED) is 0.887. The van der Waals surface area contributed by atoms with Gasteiger partial charge in [-0.25, -0.2) is 0 Å². The van der Waals surface area contributed by atoms with Crippen molar-refractivity contribution in [2.45, 2.75) is 19.3 Å². The molecule has 1 saturated heterocycles. The number of benzene rings is 1. The van der Waals surface area contributed by atoms with Gasteiger partial charge in [0.05, 0.1) is 0 Å². The van der Waals surface area contributed by atoms with E-state index in [9.17, 15) is 9.59 Å². The highest BCUT2D eigenvalue weighted by molar-refractivity contribution is 5.96. The highest BCUT2D eigenvalue weighted by Gasteiger charge is 2.19. The molecule has 1 aliphatic rings. The third kappa shape index (κ3) is 4.21. The molecule has 0 spiro atoms. The Kier molecular flexibility index (Phi) is 6.48. The predicted octanol–water partition coefficient (Wildman–Crippen LogP) is 1.63. The van der Waals surface area contributed by atoms with Crippen LogP contribution in [0, 0.1) is 0 Å². The van der Waals surface area contributed by atoms with E-state index in [0.29, 0.717) is 24.2 Å². The summed E-state index contributed by atoms with van der Waals surface area (Å²) in [6, 6.07) is 6.99. The van der Waals surface area contributed by atoms with Gasteiger partial charge >= 0.3 is 0 Å². The number of carbonyl (C=O) groups excluding carboxylic acids is 2. The zero-order valence-electron chi connectivity index (χ0n) is 11.3. The van der Waals surface area contributed by atoms with Gasteiger partial charge in [0.1, 0.15) is 0 Å². The summed E-state index contributed by atoms with van der Waals surface area (Å²) in [5.74, 6) is -0.0431. The summed E-state index contributed by atoms with van der Waals surface area (Å²) >= 11 is 0. The lowest BCUT2D eigenvalue weighted by Crippen LogP contribution is -2.27. The summed E-state index contributed by atoms with van der Waals surface area (Å²) in [5.41, 5.74) is 6.66. The van der Waals surface area contributed by atoms with E-state index in [-0.39, 0.29) is 24.2 Å². The zero-order chi connectivity index (χ0) is 13.7. The van der Waals surface area contributed by atoms with Crippen molar-refractivity contribution in [3.8, 4) is 0 Å². The number of likely N-dealkylation sites (tertiary alicyclic amines) is 1. The van der Waals surface area contributed by atoms with Crippen molar-refractivity contribution in [3.63, 3.8) is 0 Å². The Morgan fingerprint density at radius 1 is 1.15 bits per heavy atom. The first kappa shape index (κ1) is 16.5. The van der Waals surface area contributed by atoms with E-state index >= 15 is 0 Å². The van der Waals surface area contributed by atoms with Crippen LogP contribution in [0.1, 0.15) is 29.6 Å². The second kappa shape index (κ2) is 7.87. The Labute approximate surface area is 124 Å². The van der Waals surface area contributed by atoms with Gasteiger partial charge in [-0.3, -0.25) is 9.59 Å². The fraction of sp³-hybridized carbons (Fsp3) is 0.429. The topological polar surface area (TPSA) is 75.4 Å². The number of anilines is 1. The Balaban J connectivity index is 0.00000200. The van der Waals surface area contributed by atoms with Crippen LogP contribution in [0.5, 0.6) is 0 Å². The fourth-order valence-corrected chi connectivity index (χ4v) is 2.15. The molecule has 5 nitrogen and oxygen atoms in total. The first-order chi connectivity index (χ1) is 9.20. The van der Waals surface area contributed by atoms with Crippen LogP contribution in [-0.4, -0.2) is 36.3 Å². The van der Waals surface area contributed by atoms with Crippen molar-refractivity contribution in [1.82, 2.24) is 4.90 Å². The van der Waals surface area contributed by atoms with Gasteiger partial charge in [0, 0.05) is 37.3 Å². The molecule has 1 heterocycles. The van der Waals surface area contributed by atoms with Gasteiger partial charge in [-0.05, 0) is 37.1 Å². The van der Waals surface area contributed by atoms with Crippen molar-refractivity contribution in [2.24, 2.45) is 5.73 Å². The lowest BCUT2D eigenvalue weighted by atomic mass is 10.2. The van der Waals surface area contributed by atoms with Crippen LogP contribution >= 0.6 is 12.4 Å². The minimum Gasteiger partial charge on any atom is -0.339 e. The van der Waals surface area contributed by atoms with Crippen molar-refractivity contribution in [2.75, 3.05) is 25.0 Å². The van der Waals surface area contributed by atoms with E-state index in [1.807, 2.05) is 4.90 Å². The maximum atomic E-state index is 12.1. The minimum absolute atomic E-state index is 0. The van der Waals surface area contributed by atoms with Gasteiger partial charge in [0.2, 0.25) is 5.91 Å². The Hall–Kier alpha value is -1.59. The standard InChI is InChI=1S/C14H19N3O2.ClH/c15-8-7-13(18)16-12-5-3-11(4-6-12)14(19)17-9-1-2-10-17;/h3-6H,1-2,7-10,15H2,(H,16,18);1H. The molecular formula is C14H20ClN3O2. The average Bonchev–Trinajstić information content (AvgIpc) is 2.93. The minimum atomic E-state index is -0.110. The third-order valence-corrected chi connectivity index (χ3v) is 3.18. The lowest BCUT2D eigenvalue weighted by molar-refractivity contribution is -0.116. The number of hydrogen-bond acceptors (Lipinski definition) is 3. The van der Waals surface area contributed by atoms with Gasteiger partial charge in [-0.15, -0.1) is 12.4 Å². The average molecular weight is 298 g/mol. The molecule has 20 heavy (non-hydrogen) atoms. The number of rotatable bonds is 4. The summed E-state index contributed by atoms with van der Waals surface area (Å²) in [6.45, 7) is 2.01. The third-order valence-electron chi connectivity index (χ3n) is 3.18. The monoisotopic (exact) mass is 297 g/mol. The van der Waals surface area contributed by atoms with Crippen LogP contribution in [0.2, 0.25) is 0 Å². The van der Waals surface area contributed by atoms with E-state index in [1.54, 1.807) is 24.3 Å². The maximum Gasteiger partial charge on any atom is 0.253 e. The normalized spacial score (nSPS) is 13.8.